The predicted octanol–water partition coefficient (Wildman–Crippen LogP) is 0.844. The summed E-state index contributed by atoms with van der Waals surface area (Å²) in [6.07, 6.45) is 6.62. The average Bonchev–Trinajstić information content (AvgIpc) is 3.09. The van der Waals surface area contributed by atoms with Crippen LogP contribution >= 0.6 is 11.6 Å². The van der Waals surface area contributed by atoms with Crippen LogP contribution in [-0.4, -0.2) is 83.7 Å². The van der Waals surface area contributed by atoms with Crippen molar-refractivity contribution in [2.24, 2.45) is 11.8 Å². The predicted molar refractivity (Wildman–Crippen MR) is 117 cm³/mol. The molecule has 5 rings (SSSR count). The zero-order valence-electron chi connectivity index (χ0n) is 17.6. The van der Waals surface area contributed by atoms with E-state index in [1.807, 2.05) is 12.2 Å². The Labute approximate surface area is 190 Å². The molecule has 0 aromatic heterocycles. The lowest BCUT2D eigenvalue weighted by Gasteiger charge is -2.35. The van der Waals surface area contributed by atoms with Crippen molar-refractivity contribution < 1.29 is 24.2 Å². The van der Waals surface area contributed by atoms with Crippen LogP contribution in [-0.2, 0) is 19.1 Å². The van der Waals surface area contributed by atoms with Gasteiger partial charge in [-0.1, -0.05) is 48.0 Å². The lowest BCUT2D eigenvalue weighted by molar-refractivity contribution is -0.144. The van der Waals surface area contributed by atoms with E-state index in [2.05, 4.69) is 0 Å². The topological polar surface area (TPSA) is 90.4 Å². The van der Waals surface area contributed by atoms with Crippen LogP contribution in [0.5, 0.6) is 0 Å². The molecule has 9 heteroatoms. The Kier molecular flexibility index (Phi) is 5.11. The smallest absolute Gasteiger partial charge is 0.253 e. The second-order valence-corrected chi connectivity index (χ2v) is 8.95. The molecule has 2 fully saturated rings. The van der Waals surface area contributed by atoms with E-state index in [4.69, 9.17) is 16.3 Å². The molecule has 4 heterocycles. The van der Waals surface area contributed by atoms with Gasteiger partial charge in [0.25, 0.3) is 5.91 Å². The Morgan fingerprint density at radius 1 is 1.12 bits per heavy atom. The monoisotopic (exact) mass is 457 g/mol. The lowest BCUT2D eigenvalue weighted by Crippen LogP contribution is -2.55. The van der Waals surface area contributed by atoms with Gasteiger partial charge in [0.05, 0.1) is 35.3 Å². The highest BCUT2D eigenvalue weighted by Crippen LogP contribution is 2.53. The first-order valence-electron chi connectivity index (χ1n) is 10.6. The molecule has 1 unspecified atom stereocenters. The van der Waals surface area contributed by atoms with Gasteiger partial charge in [0.2, 0.25) is 11.8 Å². The van der Waals surface area contributed by atoms with Gasteiger partial charge in [0.15, 0.2) is 0 Å². The van der Waals surface area contributed by atoms with E-state index in [0.717, 1.165) is 0 Å². The van der Waals surface area contributed by atoms with Crippen LogP contribution in [0.1, 0.15) is 0 Å². The summed E-state index contributed by atoms with van der Waals surface area (Å²) in [4.78, 5) is 45.2. The number of rotatable bonds is 3. The third-order valence-corrected chi connectivity index (χ3v) is 7.16. The van der Waals surface area contributed by atoms with Gasteiger partial charge in [-0.15, -0.1) is 0 Å². The van der Waals surface area contributed by atoms with Crippen LogP contribution in [0, 0.1) is 11.8 Å². The highest BCUT2D eigenvalue weighted by atomic mass is 35.5. The molecular weight excluding hydrogens is 434 g/mol. The number of para-hydroxylation sites is 1. The normalized spacial score (nSPS) is 33.8. The molecule has 32 heavy (non-hydrogen) atoms. The van der Waals surface area contributed by atoms with Crippen LogP contribution in [0.2, 0.25) is 5.02 Å². The fraction of sp³-hybridized carbons (Fsp3) is 0.435. The molecule has 3 amide bonds. The highest BCUT2D eigenvalue weighted by molar-refractivity contribution is 6.34. The Bertz CT molecular complexity index is 1040. The number of likely N-dealkylation sites (tertiary alicyclic amines) is 1. The third kappa shape index (κ3) is 2.86. The molecule has 4 aliphatic heterocycles. The summed E-state index contributed by atoms with van der Waals surface area (Å²) in [7, 11) is 1.69. The van der Waals surface area contributed by atoms with Gasteiger partial charge in [-0.3, -0.25) is 14.4 Å². The van der Waals surface area contributed by atoms with Gasteiger partial charge in [-0.2, -0.15) is 0 Å². The van der Waals surface area contributed by atoms with Gasteiger partial charge in [0, 0.05) is 26.7 Å². The Hall–Kier alpha value is -2.68. The fourth-order valence-corrected chi connectivity index (χ4v) is 5.74. The molecule has 5 atom stereocenters. The SMILES string of the molecule is CN1CC=C[C@@H]2O[C@]34C=CCN(c5ccccc5Cl)C(=O)C3N(CCO)C(=O)[C@@H]4[C@@H]2C1=O. The number of carbonyl (C=O) groups excluding carboxylic acids is 3. The zero-order chi connectivity index (χ0) is 22.6. The summed E-state index contributed by atoms with van der Waals surface area (Å²) in [6, 6.07) is 6.00. The first kappa shape index (κ1) is 21.2. The number of aliphatic hydroxyl groups excluding tert-OH is 1. The van der Waals surface area contributed by atoms with Crippen molar-refractivity contribution in [2.45, 2.75) is 17.7 Å². The highest BCUT2D eigenvalue weighted by Gasteiger charge is 2.71. The summed E-state index contributed by atoms with van der Waals surface area (Å²) in [5.74, 6) is -2.48. The van der Waals surface area contributed by atoms with E-state index in [-0.39, 0.29) is 37.4 Å². The summed E-state index contributed by atoms with van der Waals surface area (Å²) in [5.41, 5.74) is -0.768. The molecule has 1 aromatic rings. The molecule has 1 aromatic carbocycles. The number of fused-ring (bicyclic) bond motifs is 2. The van der Waals surface area contributed by atoms with E-state index < -0.39 is 29.6 Å². The number of β-amino-alcohol motifs (C(OH)–C–C–N with tert-alkyl or cyclic N) is 1. The summed E-state index contributed by atoms with van der Waals surface area (Å²) >= 11 is 6.38. The van der Waals surface area contributed by atoms with Crippen molar-refractivity contribution in [1.82, 2.24) is 9.80 Å². The number of hydrogen-bond donors (Lipinski definition) is 1. The van der Waals surface area contributed by atoms with Crippen molar-refractivity contribution in [2.75, 3.05) is 38.2 Å². The number of anilines is 1. The maximum atomic E-state index is 13.9. The molecule has 0 radical (unpaired) electrons. The van der Waals surface area contributed by atoms with Crippen molar-refractivity contribution in [3.05, 3.63) is 53.6 Å². The minimum Gasteiger partial charge on any atom is -0.395 e. The van der Waals surface area contributed by atoms with Gasteiger partial charge in [-0.25, -0.2) is 0 Å². The molecule has 168 valence electrons. The molecule has 4 aliphatic rings. The molecular formula is C23H24ClN3O5. The largest absolute Gasteiger partial charge is 0.395 e. The minimum absolute atomic E-state index is 0.0295. The van der Waals surface area contributed by atoms with Gasteiger partial charge >= 0.3 is 0 Å². The summed E-state index contributed by atoms with van der Waals surface area (Å²) < 4.78 is 6.45. The number of halogens is 1. The van der Waals surface area contributed by atoms with Crippen molar-refractivity contribution >= 4 is 35.0 Å². The van der Waals surface area contributed by atoms with Crippen molar-refractivity contribution in [3.8, 4) is 0 Å². The third-order valence-electron chi connectivity index (χ3n) is 6.84. The van der Waals surface area contributed by atoms with E-state index in [9.17, 15) is 19.5 Å². The molecule has 2 saturated heterocycles. The number of benzene rings is 1. The van der Waals surface area contributed by atoms with E-state index in [0.29, 0.717) is 17.3 Å². The Balaban J connectivity index is 1.64. The van der Waals surface area contributed by atoms with Gasteiger partial charge in [-0.05, 0) is 12.1 Å². The molecule has 1 spiro atoms. The number of likely N-dealkylation sites (N-methyl/N-ethyl adjacent to an activating group) is 1. The quantitative estimate of drug-likeness (QED) is 0.679. The molecule has 8 nitrogen and oxygen atoms in total. The summed E-state index contributed by atoms with van der Waals surface area (Å²) in [5, 5.41) is 10.1. The van der Waals surface area contributed by atoms with Crippen molar-refractivity contribution in [3.63, 3.8) is 0 Å². The van der Waals surface area contributed by atoms with Crippen LogP contribution < -0.4 is 4.90 Å². The van der Waals surface area contributed by atoms with E-state index >= 15 is 0 Å². The molecule has 1 N–H and O–H groups in total. The zero-order valence-corrected chi connectivity index (χ0v) is 18.3. The summed E-state index contributed by atoms with van der Waals surface area (Å²) in [6.45, 7) is 0.341. The number of nitrogens with zero attached hydrogens (tertiary/aromatic N) is 3. The number of amides is 3. The first-order valence-corrected chi connectivity index (χ1v) is 11.0. The van der Waals surface area contributed by atoms with Gasteiger partial charge in [0.1, 0.15) is 11.6 Å². The molecule has 0 saturated carbocycles. The van der Waals surface area contributed by atoms with Crippen LogP contribution in [0.4, 0.5) is 5.69 Å². The first-order chi connectivity index (χ1) is 15.4. The van der Waals surface area contributed by atoms with Crippen LogP contribution in [0.25, 0.3) is 0 Å². The second kappa shape index (κ2) is 7.72. The number of ether oxygens (including phenoxy) is 1. The van der Waals surface area contributed by atoms with Gasteiger partial charge < -0.3 is 24.5 Å². The lowest BCUT2D eigenvalue weighted by atomic mass is 9.77. The minimum atomic E-state index is -1.30. The average molecular weight is 458 g/mol. The van der Waals surface area contributed by atoms with Crippen LogP contribution in [0.15, 0.2) is 48.6 Å². The Morgan fingerprint density at radius 3 is 2.66 bits per heavy atom. The van der Waals surface area contributed by atoms with Crippen molar-refractivity contribution in [1.29, 1.82) is 0 Å². The number of hydrogen-bond acceptors (Lipinski definition) is 5. The second-order valence-electron chi connectivity index (χ2n) is 8.55. The maximum absolute atomic E-state index is 13.9. The van der Waals surface area contributed by atoms with E-state index in [1.165, 1.54) is 9.80 Å². The fourth-order valence-electron chi connectivity index (χ4n) is 5.50. The van der Waals surface area contributed by atoms with E-state index in [1.54, 1.807) is 48.4 Å². The Morgan fingerprint density at radius 2 is 1.91 bits per heavy atom. The molecule has 0 bridgehead atoms. The number of aliphatic hydroxyl groups is 1. The molecule has 0 aliphatic carbocycles. The maximum Gasteiger partial charge on any atom is 0.253 e. The van der Waals surface area contributed by atoms with Crippen LogP contribution in [0.3, 0.4) is 0 Å². The standard InChI is InChI=1S/C23H24ClN3O5/c1-25-10-4-8-16-17(20(25)29)18-21(30)27(12-13-28)19-22(31)26(11-5-9-23(18,19)32-16)15-7-3-2-6-14(15)24/h2-9,16-19,28H,10-13H2,1H3/t16-,17+,18-,19?,23-/m0/s1. The number of carbonyl (C=O) groups is 3.